The maximum absolute atomic E-state index is 12.2. The van der Waals surface area contributed by atoms with Crippen LogP contribution < -0.4 is 5.32 Å². The Morgan fingerprint density at radius 2 is 2.24 bits per heavy atom. The van der Waals surface area contributed by atoms with E-state index in [2.05, 4.69) is 30.4 Å². The molecule has 1 N–H and O–H groups in total. The average Bonchev–Trinajstić information content (AvgIpc) is 3.07. The molecule has 0 spiro atoms. The first kappa shape index (κ1) is 17.7. The molecule has 0 radical (unpaired) electrons. The lowest BCUT2D eigenvalue weighted by molar-refractivity contribution is -0.130. The molecular formula is C16H23N7OS. The van der Waals surface area contributed by atoms with E-state index in [1.807, 2.05) is 13.0 Å². The fourth-order valence-electron chi connectivity index (χ4n) is 2.99. The summed E-state index contributed by atoms with van der Waals surface area (Å²) in [6, 6.07) is 2.09. The second-order valence-electron chi connectivity index (χ2n) is 6.36. The third-order valence-corrected chi connectivity index (χ3v) is 4.85. The largest absolute Gasteiger partial charge is 0.348 e. The monoisotopic (exact) mass is 361 g/mol. The van der Waals surface area contributed by atoms with Crippen LogP contribution in [0.3, 0.4) is 0 Å². The predicted molar refractivity (Wildman–Crippen MR) is 96.8 cm³/mol. The third kappa shape index (κ3) is 4.49. The Labute approximate surface area is 151 Å². The first-order valence-corrected chi connectivity index (χ1v) is 9.24. The smallest absolute Gasteiger partial charge is 0.236 e. The van der Waals surface area contributed by atoms with Gasteiger partial charge in [0, 0.05) is 20.2 Å². The van der Waals surface area contributed by atoms with E-state index in [1.165, 1.54) is 11.3 Å². The Kier molecular flexibility index (Phi) is 5.54. The van der Waals surface area contributed by atoms with Crippen LogP contribution in [0.5, 0.6) is 0 Å². The van der Waals surface area contributed by atoms with Crippen LogP contribution in [0, 0.1) is 6.92 Å². The minimum absolute atomic E-state index is 0.116. The molecule has 1 aliphatic heterocycles. The van der Waals surface area contributed by atoms with Gasteiger partial charge < -0.3 is 10.2 Å². The van der Waals surface area contributed by atoms with Gasteiger partial charge in [-0.2, -0.15) is 0 Å². The van der Waals surface area contributed by atoms with Crippen molar-refractivity contribution in [3.63, 3.8) is 0 Å². The zero-order valence-electron chi connectivity index (χ0n) is 14.8. The Morgan fingerprint density at radius 3 is 2.96 bits per heavy atom. The molecule has 1 atom stereocenters. The van der Waals surface area contributed by atoms with E-state index >= 15 is 0 Å². The number of hydrogen-bond donors (Lipinski definition) is 1. The van der Waals surface area contributed by atoms with Gasteiger partial charge in [0.25, 0.3) is 0 Å². The van der Waals surface area contributed by atoms with Crippen LogP contribution in [0.15, 0.2) is 11.6 Å². The summed E-state index contributed by atoms with van der Waals surface area (Å²) in [5, 5.41) is 11.7. The molecule has 9 heteroatoms. The van der Waals surface area contributed by atoms with Crippen molar-refractivity contribution >= 4 is 28.2 Å². The number of amides is 1. The summed E-state index contributed by atoms with van der Waals surface area (Å²) >= 11 is 1.42. The Hall–Kier alpha value is -2.13. The van der Waals surface area contributed by atoms with Crippen molar-refractivity contribution in [1.29, 1.82) is 0 Å². The molecule has 0 saturated carbocycles. The highest BCUT2D eigenvalue weighted by molar-refractivity contribution is 7.13. The standard InChI is InChI=1S/C16H23N7OS/c1-11-18-12(8-14(19-11)20-16-21-17-10-25-16)13-6-4-5-7-23(13)9-15(24)22(2)3/h8,10,13H,4-7,9H2,1-3H3,(H,18,19,20,21). The van der Waals surface area contributed by atoms with Gasteiger partial charge in [-0.1, -0.05) is 17.8 Å². The lowest BCUT2D eigenvalue weighted by atomic mass is 9.99. The lowest BCUT2D eigenvalue weighted by Gasteiger charge is -2.35. The highest BCUT2D eigenvalue weighted by Crippen LogP contribution is 2.31. The van der Waals surface area contributed by atoms with E-state index in [-0.39, 0.29) is 11.9 Å². The Morgan fingerprint density at radius 1 is 1.40 bits per heavy atom. The number of aryl methyl sites for hydroxylation is 1. The molecule has 8 nitrogen and oxygen atoms in total. The van der Waals surface area contributed by atoms with Crippen molar-refractivity contribution in [3.05, 3.63) is 23.1 Å². The summed E-state index contributed by atoms with van der Waals surface area (Å²) in [5.41, 5.74) is 2.62. The number of likely N-dealkylation sites (N-methyl/N-ethyl adjacent to an activating group) is 1. The molecule has 3 heterocycles. The van der Waals surface area contributed by atoms with E-state index < -0.39 is 0 Å². The summed E-state index contributed by atoms with van der Waals surface area (Å²) < 4.78 is 0. The first-order chi connectivity index (χ1) is 12.0. The molecule has 1 saturated heterocycles. The maximum Gasteiger partial charge on any atom is 0.236 e. The van der Waals surface area contributed by atoms with Gasteiger partial charge in [0.1, 0.15) is 17.2 Å². The molecule has 134 valence electrons. The predicted octanol–water partition coefficient (Wildman–Crippen LogP) is 2.00. The first-order valence-electron chi connectivity index (χ1n) is 8.36. The molecule has 2 aromatic rings. The second-order valence-corrected chi connectivity index (χ2v) is 7.20. The number of nitrogens with zero attached hydrogens (tertiary/aromatic N) is 6. The Balaban J connectivity index is 1.82. The topological polar surface area (TPSA) is 87.1 Å². The van der Waals surface area contributed by atoms with Crippen LogP contribution in [0.4, 0.5) is 10.9 Å². The number of nitrogens with one attached hydrogen (secondary N) is 1. The molecule has 3 rings (SSSR count). The van der Waals surface area contributed by atoms with E-state index in [0.717, 1.165) is 31.5 Å². The zero-order chi connectivity index (χ0) is 17.8. The summed E-state index contributed by atoms with van der Waals surface area (Å²) in [6.07, 6.45) is 3.24. The van der Waals surface area contributed by atoms with E-state index in [4.69, 9.17) is 0 Å². The summed E-state index contributed by atoms with van der Waals surface area (Å²) in [5.74, 6) is 1.53. The number of piperidine rings is 1. The van der Waals surface area contributed by atoms with Gasteiger partial charge in [-0.15, -0.1) is 10.2 Å². The average molecular weight is 361 g/mol. The van der Waals surface area contributed by atoms with E-state index in [1.54, 1.807) is 24.5 Å². The van der Waals surface area contributed by atoms with Gasteiger partial charge in [-0.3, -0.25) is 9.69 Å². The molecule has 1 aliphatic rings. The van der Waals surface area contributed by atoms with Gasteiger partial charge in [0.2, 0.25) is 11.0 Å². The minimum atomic E-state index is 0.116. The van der Waals surface area contributed by atoms with Crippen LogP contribution in [-0.2, 0) is 4.79 Å². The highest BCUT2D eigenvalue weighted by Gasteiger charge is 2.27. The number of hydrogen-bond acceptors (Lipinski definition) is 8. The van der Waals surface area contributed by atoms with Gasteiger partial charge in [0.15, 0.2) is 0 Å². The van der Waals surface area contributed by atoms with Crippen molar-refractivity contribution in [2.24, 2.45) is 0 Å². The fourth-order valence-corrected chi connectivity index (χ4v) is 3.44. The molecule has 1 amide bonds. The number of likely N-dealkylation sites (tertiary alicyclic amines) is 1. The number of carbonyl (C=O) groups excluding carboxylic acids is 1. The van der Waals surface area contributed by atoms with Crippen LogP contribution in [0.25, 0.3) is 0 Å². The third-order valence-electron chi connectivity index (χ3n) is 4.25. The number of anilines is 2. The molecule has 25 heavy (non-hydrogen) atoms. The van der Waals surface area contributed by atoms with Crippen LogP contribution in [-0.4, -0.2) is 63.1 Å². The van der Waals surface area contributed by atoms with Gasteiger partial charge in [0.05, 0.1) is 18.3 Å². The van der Waals surface area contributed by atoms with Crippen LogP contribution >= 0.6 is 11.3 Å². The summed E-state index contributed by atoms with van der Waals surface area (Å²) in [4.78, 5) is 25.1. The Bertz CT molecular complexity index is 719. The molecular weight excluding hydrogens is 338 g/mol. The SMILES string of the molecule is Cc1nc(Nc2nncs2)cc(C2CCCCN2CC(=O)N(C)C)n1. The van der Waals surface area contributed by atoms with Crippen molar-refractivity contribution in [2.75, 3.05) is 32.5 Å². The van der Waals surface area contributed by atoms with Gasteiger partial charge >= 0.3 is 0 Å². The van der Waals surface area contributed by atoms with Crippen molar-refractivity contribution in [3.8, 4) is 0 Å². The summed E-state index contributed by atoms with van der Waals surface area (Å²) in [7, 11) is 3.58. The lowest BCUT2D eigenvalue weighted by Crippen LogP contribution is -2.41. The van der Waals surface area contributed by atoms with E-state index in [9.17, 15) is 4.79 Å². The molecule has 0 aliphatic carbocycles. The van der Waals surface area contributed by atoms with Crippen molar-refractivity contribution in [1.82, 2.24) is 30.0 Å². The fraction of sp³-hybridized carbons (Fsp3) is 0.562. The highest BCUT2D eigenvalue weighted by atomic mass is 32.1. The second kappa shape index (κ2) is 7.83. The van der Waals surface area contributed by atoms with Crippen LogP contribution in [0.2, 0.25) is 0 Å². The number of carbonyl (C=O) groups is 1. The maximum atomic E-state index is 12.2. The zero-order valence-corrected chi connectivity index (χ0v) is 15.6. The molecule has 2 aromatic heterocycles. The van der Waals surface area contributed by atoms with Gasteiger partial charge in [-0.05, 0) is 26.3 Å². The number of aromatic nitrogens is 4. The van der Waals surface area contributed by atoms with E-state index in [0.29, 0.717) is 23.3 Å². The van der Waals surface area contributed by atoms with Crippen molar-refractivity contribution in [2.45, 2.75) is 32.2 Å². The number of rotatable bonds is 5. The van der Waals surface area contributed by atoms with Crippen LogP contribution in [0.1, 0.15) is 36.8 Å². The quantitative estimate of drug-likeness (QED) is 0.871. The molecule has 0 aromatic carbocycles. The van der Waals surface area contributed by atoms with Crippen molar-refractivity contribution < 1.29 is 4.79 Å². The summed E-state index contributed by atoms with van der Waals surface area (Å²) in [6.45, 7) is 3.21. The molecule has 1 fully saturated rings. The normalized spacial score (nSPS) is 18.1. The van der Waals surface area contributed by atoms with Gasteiger partial charge in [-0.25, -0.2) is 9.97 Å². The molecule has 0 bridgehead atoms. The minimum Gasteiger partial charge on any atom is -0.348 e. The molecule has 1 unspecified atom stereocenters.